The lowest BCUT2D eigenvalue weighted by Crippen LogP contribution is -2.70. The maximum absolute atomic E-state index is 14.6. The quantitative estimate of drug-likeness (QED) is 0.0541. The number of unbranched alkanes of at least 4 members (excludes halogenated alkanes) is 2. The van der Waals surface area contributed by atoms with Crippen LogP contribution in [0.25, 0.3) is 0 Å². The molecule has 2 N–H and O–H groups in total. The molecule has 2 saturated carbocycles. The van der Waals surface area contributed by atoms with Gasteiger partial charge >= 0.3 is 0 Å². The van der Waals surface area contributed by atoms with Crippen molar-refractivity contribution in [3.63, 3.8) is 0 Å². The van der Waals surface area contributed by atoms with Gasteiger partial charge in [-0.1, -0.05) is 54.4 Å². The number of nitrogens with zero attached hydrogens (tertiary/aromatic N) is 2. The van der Waals surface area contributed by atoms with Gasteiger partial charge in [0.05, 0.1) is 18.2 Å². The van der Waals surface area contributed by atoms with Crippen molar-refractivity contribution in [1.29, 1.82) is 0 Å². The van der Waals surface area contributed by atoms with Crippen molar-refractivity contribution in [3.8, 4) is 17.2 Å². The van der Waals surface area contributed by atoms with Gasteiger partial charge in [0, 0.05) is 49.1 Å². The summed E-state index contributed by atoms with van der Waals surface area (Å²) in [7, 11) is 1.52. The van der Waals surface area contributed by atoms with Crippen molar-refractivity contribution >= 4 is 17.9 Å². The number of rotatable bonds is 19. The molecule has 1 aliphatic heterocycles. The van der Waals surface area contributed by atoms with E-state index in [1.807, 2.05) is 23.1 Å². The fraction of sp³-hybridized carbons (Fsp3) is 0.457. The Bertz CT molecular complexity index is 1960. The zero-order valence-electron chi connectivity index (χ0n) is 32.6. The van der Waals surface area contributed by atoms with Crippen LogP contribution in [0.4, 0.5) is 4.39 Å². The summed E-state index contributed by atoms with van der Waals surface area (Å²) in [5.41, 5.74) is 3.84. The summed E-state index contributed by atoms with van der Waals surface area (Å²) in [5, 5.41) is 24.4. The summed E-state index contributed by atoms with van der Waals surface area (Å²) in [5.74, 6) is -0.796. The topological polar surface area (TPSA) is 127 Å². The molecule has 1 heterocycles. The predicted molar refractivity (Wildman–Crippen MR) is 214 cm³/mol. The smallest absolute Gasteiger partial charge is 0.239 e. The van der Waals surface area contributed by atoms with Crippen LogP contribution in [-0.4, -0.2) is 71.8 Å². The van der Waals surface area contributed by atoms with Crippen molar-refractivity contribution < 1.29 is 43.2 Å². The highest BCUT2D eigenvalue weighted by Gasteiger charge is 2.66. The van der Waals surface area contributed by atoms with E-state index in [0.29, 0.717) is 41.4 Å². The Balaban J connectivity index is 1.43. The first kappa shape index (κ1) is 40.4. The molecule has 1 amide bonds. The van der Waals surface area contributed by atoms with Gasteiger partial charge in [0.15, 0.2) is 0 Å². The van der Waals surface area contributed by atoms with Crippen molar-refractivity contribution in [2.45, 2.75) is 82.1 Å². The molecule has 0 saturated heterocycles. The molecule has 0 aromatic heterocycles. The van der Waals surface area contributed by atoms with Gasteiger partial charge in [-0.2, -0.15) is 0 Å². The molecular weight excluding hydrogens is 728 g/mol. The van der Waals surface area contributed by atoms with Gasteiger partial charge in [0.2, 0.25) is 11.7 Å². The second-order valence-electron chi connectivity index (χ2n) is 15.6. The van der Waals surface area contributed by atoms with Crippen molar-refractivity contribution in [3.05, 3.63) is 114 Å². The number of carbonyl (C=O) groups is 2. The lowest BCUT2D eigenvalue weighted by atomic mass is 9.55. The number of halogens is 1. The number of allylic oxidation sites excluding steroid dienone is 1. The number of aliphatic hydroxyl groups excluding tert-OH is 2. The largest absolute Gasteiger partial charge is 0.459 e. The minimum atomic E-state index is -1.40. The Hall–Kier alpha value is -4.84. The first-order valence-electron chi connectivity index (χ1n) is 20.2. The van der Waals surface area contributed by atoms with Crippen molar-refractivity contribution in [1.82, 2.24) is 4.90 Å². The fourth-order valence-electron chi connectivity index (χ4n) is 9.30. The molecule has 0 bridgehead atoms. The van der Waals surface area contributed by atoms with E-state index in [4.69, 9.17) is 19.0 Å². The number of aliphatic hydroxyl groups is 2. The van der Waals surface area contributed by atoms with E-state index in [-0.39, 0.29) is 68.2 Å². The molecule has 3 aromatic rings. The molecule has 3 aliphatic carbocycles. The van der Waals surface area contributed by atoms with Crippen molar-refractivity contribution in [2.24, 2.45) is 28.8 Å². The molecule has 10 nitrogen and oxygen atoms in total. The van der Waals surface area contributed by atoms with E-state index in [1.54, 1.807) is 42.5 Å². The minimum absolute atomic E-state index is 0.0143. The normalized spacial score (nSPS) is 25.4. The number of amides is 1. The molecule has 4 aliphatic rings. The van der Waals surface area contributed by atoms with Crippen LogP contribution in [0, 0.1) is 29.5 Å². The summed E-state index contributed by atoms with van der Waals surface area (Å²) >= 11 is 0. The molecule has 57 heavy (non-hydrogen) atoms. The number of benzene rings is 3. The average Bonchev–Trinajstić information content (AvgIpc) is 4.08. The third-order valence-electron chi connectivity index (χ3n) is 11.9. The number of ether oxygens (including phenoxy) is 3. The molecular formula is C46H53FN2O8. The molecule has 0 radical (unpaired) electrons. The number of oxime groups is 1. The highest BCUT2D eigenvalue weighted by Crippen LogP contribution is 2.62. The van der Waals surface area contributed by atoms with Gasteiger partial charge in [-0.15, -0.1) is 6.58 Å². The zero-order valence-corrected chi connectivity index (χ0v) is 32.6. The van der Waals surface area contributed by atoms with Gasteiger partial charge in [-0.05, 0) is 104 Å². The van der Waals surface area contributed by atoms with E-state index in [1.165, 1.54) is 19.2 Å². The van der Waals surface area contributed by atoms with Gasteiger partial charge in [0.1, 0.15) is 42.5 Å². The zero-order chi connectivity index (χ0) is 39.9. The maximum atomic E-state index is 14.6. The second kappa shape index (κ2) is 18.2. The van der Waals surface area contributed by atoms with Gasteiger partial charge in [-0.3, -0.25) is 9.59 Å². The van der Waals surface area contributed by atoms with Crippen LogP contribution in [0.1, 0.15) is 85.2 Å². The van der Waals surface area contributed by atoms with Crippen LogP contribution in [0.2, 0.25) is 0 Å². The van der Waals surface area contributed by atoms with E-state index in [9.17, 15) is 24.2 Å². The van der Waals surface area contributed by atoms with Crippen molar-refractivity contribution in [2.75, 3.05) is 26.9 Å². The van der Waals surface area contributed by atoms with E-state index >= 15 is 0 Å². The highest BCUT2D eigenvalue weighted by molar-refractivity contribution is 6.03. The molecule has 0 spiro atoms. The van der Waals surface area contributed by atoms with E-state index in [0.717, 1.165) is 61.5 Å². The third-order valence-corrected chi connectivity index (χ3v) is 11.9. The third kappa shape index (κ3) is 8.56. The lowest BCUT2D eigenvalue weighted by molar-refractivity contribution is -0.258. The molecule has 11 heteroatoms. The van der Waals surface area contributed by atoms with Gasteiger partial charge in [-0.25, -0.2) is 4.39 Å². The SMILES string of the molecule is C=CCOC12Oc3ccc(Oc4cccc(C=O)c4)cc3C3C(CCCCO)C(CCCCO)C=C(C(=NOC)CC1N(Cc1ccc(F)cc1)C(=O)C1CC1)C32. The van der Waals surface area contributed by atoms with E-state index < -0.39 is 17.7 Å². The number of hydrogen-bond donors (Lipinski definition) is 2. The predicted octanol–water partition coefficient (Wildman–Crippen LogP) is 8.13. The maximum Gasteiger partial charge on any atom is 0.239 e. The molecule has 7 rings (SSSR count). The first-order chi connectivity index (χ1) is 27.8. The van der Waals surface area contributed by atoms with E-state index in [2.05, 4.69) is 17.8 Å². The van der Waals surface area contributed by atoms with Crippen LogP contribution in [0.3, 0.4) is 0 Å². The average molecular weight is 781 g/mol. The summed E-state index contributed by atoms with van der Waals surface area (Å²) in [4.78, 5) is 33.6. The summed E-state index contributed by atoms with van der Waals surface area (Å²) in [6.07, 6.45) is 11.2. The van der Waals surface area contributed by atoms with Gasteiger partial charge < -0.3 is 34.2 Å². The molecule has 2 fully saturated rings. The molecule has 6 unspecified atom stereocenters. The van der Waals surface area contributed by atoms with Crippen LogP contribution < -0.4 is 9.47 Å². The number of aldehydes is 1. The Morgan fingerprint density at radius 3 is 2.47 bits per heavy atom. The Kier molecular flexibility index (Phi) is 12.9. The monoisotopic (exact) mass is 780 g/mol. The molecule has 3 aromatic carbocycles. The molecule has 302 valence electrons. The fourth-order valence-corrected chi connectivity index (χ4v) is 9.30. The number of hydrogen-bond acceptors (Lipinski definition) is 9. The summed E-state index contributed by atoms with van der Waals surface area (Å²) in [6.45, 7) is 4.54. The number of fused-ring (bicyclic) bond motifs is 2. The lowest BCUT2D eigenvalue weighted by Gasteiger charge is -2.60. The summed E-state index contributed by atoms with van der Waals surface area (Å²) in [6, 6.07) is 18.3. The second-order valence-corrected chi connectivity index (χ2v) is 15.6. The molecule has 6 atom stereocenters. The summed E-state index contributed by atoms with van der Waals surface area (Å²) < 4.78 is 34.9. The number of carbonyl (C=O) groups excluding carboxylic acids is 2. The minimum Gasteiger partial charge on any atom is -0.459 e. The van der Waals surface area contributed by atoms with Crippen LogP contribution in [0.5, 0.6) is 17.2 Å². The standard InChI is InChI=1S/C46H53FN2O8/c1-3-23-55-46-42(49(45(53)32-15-16-32)28-30-13-17-34(47)18-14-30)27-40(48-54-2)38-25-33(10-4-6-21-50)37(12-5-7-22-51)43(44(38)46)39-26-36(19-20-41(39)57-46)56-35-11-8-9-31(24-35)29-52/h3,8-9,11,13-14,17-20,24-26,29,32-33,37,42-44,50-51H,1,4-7,10,12,15-16,21-23,27-28H2,2H3. The van der Waals surface area contributed by atoms with Crippen LogP contribution in [-0.2, 0) is 20.9 Å². The Labute approximate surface area is 334 Å². The van der Waals surface area contributed by atoms with Gasteiger partial charge in [0.25, 0.3) is 0 Å². The highest BCUT2D eigenvalue weighted by atomic mass is 19.1. The van der Waals surface area contributed by atoms with Crippen LogP contribution in [0.15, 0.2) is 96.2 Å². The first-order valence-corrected chi connectivity index (χ1v) is 20.2. The Morgan fingerprint density at radius 1 is 1.02 bits per heavy atom. The van der Waals surface area contributed by atoms with Crippen LogP contribution >= 0.6 is 0 Å². The Morgan fingerprint density at radius 2 is 1.77 bits per heavy atom.